The van der Waals surface area contributed by atoms with E-state index in [4.69, 9.17) is 15.2 Å². The van der Waals surface area contributed by atoms with Gasteiger partial charge >= 0.3 is 12.1 Å². The van der Waals surface area contributed by atoms with Crippen LogP contribution in [0, 0.1) is 17.8 Å². The SMILES string of the molecule is CCC(CC)[C@H](N)[C@@H]1[C@H](O)[C@H](NC(=O)OC(C)(C)C)C[C@@H]1C(=O)OC. The molecule has 0 aromatic heterocycles. The average Bonchev–Trinajstić information content (AvgIpc) is 2.82. The lowest BCUT2D eigenvalue weighted by atomic mass is 9.79. The number of rotatable bonds is 6. The zero-order chi connectivity index (χ0) is 19.4. The highest BCUT2D eigenvalue weighted by atomic mass is 16.6. The van der Waals surface area contributed by atoms with Crippen LogP contribution in [-0.4, -0.2) is 48.1 Å². The van der Waals surface area contributed by atoms with E-state index in [0.29, 0.717) is 0 Å². The van der Waals surface area contributed by atoms with E-state index in [1.165, 1.54) is 7.11 Å². The normalized spacial score (nSPS) is 27.9. The zero-order valence-electron chi connectivity index (χ0n) is 16.2. The van der Waals surface area contributed by atoms with Crippen LogP contribution in [0.25, 0.3) is 0 Å². The highest BCUT2D eigenvalue weighted by Gasteiger charge is 2.50. The highest BCUT2D eigenvalue weighted by molar-refractivity contribution is 5.74. The van der Waals surface area contributed by atoms with Gasteiger partial charge in [-0.25, -0.2) is 4.79 Å². The Labute approximate surface area is 150 Å². The van der Waals surface area contributed by atoms with Gasteiger partial charge in [0.2, 0.25) is 0 Å². The number of esters is 1. The van der Waals surface area contributed by atoms with Crippen molar-refractivity contribution in [2.24, 2.45) is 23.5 Å². The van der Waals surface area contributed by atoms with E-state index in [0.717, 1.165) is 12.8 Å². The fourth-order valence-electron chi connectivity index (χ4n) is 3.73. The predicted octanol–water partition coefficient (Wildman–Crippen LogP) is 1.81. The molecular formula is C18H34N2O5. The van der Waals surface area contributed by atoms with Crippen molar-refractivity contribution in [2.45, 2.75) is 77.7 Å². The van der Waals surface area contributed by atoms with Crippen molar-refractivity contribution < 1.29 is 24.2 Å². The van der Waals surface area contributed by atoms with E-state index in [-0.39, 0.29) is 18.4 Å². The number of ether oxygens (including phenoxy) is 2. The van der Waals surface area contributed by atoms with Gasteiger partial charge in [-0.05, 0) is 33.1 Å². The van der Waals surface area contributed by atoms with Crippen LogP contribution in [0.3, 0.4) is 0 Å². The number of hydrogen-bond donors (Lipinski definition) is 3. The van der Waals surface area contributed by atoms with Crippen molar-refractivity contribution in [3.05, 3.63) is 0 Å². The summed E-state index contributed by atoms with van der Waals surface area (Å²) in [6.07, 6.45) is 0.466. The zero-order valence-corrected chi connectivity index (χ0v) is 16.2. The van der Waals surface area contributed by atoms with Gasteiger partial charge < -0.3 is 25.6 Å². The molecule has 0 heterocycles. The molecule has 1 aliphatic rings. The first kappa shape index (κ1) is 21.7. The highest BCUT2D eigenvalue weighted by Crippen LogP contribution is 2.38. The third-order valence-electron chi connectivity index (χ3n) is 5.02. The largest absolute Gasteiger partial charge is 0.469 e. The molecule has 1 amide bonds. The molecule has 1 rings (SSSR count). The second kappa shape index (κ2) is 8.85. The summed E-state index contributed by atoms with van der Waals surface area (Å²) in [5.41, 5.74) is 5.76. The molecule has 1 aliphatic carbocycles. The van der Waals surface area contributed by atoms with Crippen molar-refractivity contribution in [1.82, 2.24) is 5.32 Å². The predicted molar refractivity (Wildman–Crippen MR) is 94.8 cm³/mol. The number of carbonyl (C=O) groups is 2. The summed E-state index contributed by atoms with van der Waals surface area (Å²) in [5, 5.41) is 13.4. The molecule has 0 aromatic carbocycles. The smallest absolute Gasteiger partial charge is 0.407 e. The van der Waals surface area contributed by atoms with Crippen LogP contribution in [-0.2, 0) is 14.3 Å². The Balaban J connectivity index is 2.95. The van der Waals surface area contributed by atoms with Gasteiger partial charge in [0.25, 0.3) is 0 Å². The third kappa shape index (κ3) is 5.57. The van der Waals surface area contributed by atoms with Crippen LogP contribution in [0.15, 0.2) is 0 Å². The fraction of sp³-hybridized carbons (Fsp3) is 0.889. The number of aliphatic hydroxyl groups is 1. The fourth-order valence-corrected chi connectivity index (χ4v) is 3.73. The van der Waals surface area contributed by atoms with Crippen molar-refractivity contribution in [3.63, 3.8) is 0 Å². The number of aliphatic hydroxyl groups excluding tert-OH is 1. The van der Waals surface area contributed by atoms with Gasteiger partial charge in [-0.2, -0.15) is 0 Å². The minimum Gasteiger partial charge on any atom is -0.469 e. The number of methoxy groups -OCH3 is 1. The van der Waals surface area contributed by atoms with E-state index < -0.39 is 41.6 Å². The monoisotopic (exact) mass is 358 g/mol. The summed E-state index contributed by atoms with van der Waals surface area (Å²) in [6.45, 7) is 9.38. The molecular weight excluding hydrogens is 324 g/mol. The van der Waals surface area contributed by atoms with Gasteiger partial charge in [0, 0.05) is 12.0 Å². The molecule has 7 nitrogen and oxygen atoms in total. The van der Waals surface area contributed by atoms with E-state index in [1.54, 1.807) is 20.8 Å². The quantitative estimate of drug-likeness (QED) is 0.625. The Hall–Kier alpha value is -1.34. The molecule has 0 saturated heterocycles. The van der Waals surface area contributed by atoms with E-state index >= 15 is 0 Å². The molecule has 0 radical (unpaired) electrons. The third-order valence-corrected chi connectivity index (χ3v) is 5.02. The van der Waals surface area contributed by atoms with E-state index in [9.17, 15) is 14.7 Å². The van der Waals surface area contributed by atoms with E-state index in [2.05, 4.69) is 5.32 Å². The summed E-state index contributed by atoms with van der Waals surface area (Å²) in [7, 11) is 1.32. The van der Waals surface area contributed by atoms with Crippen molar-refractivity contribution >= 4 is 12.1 Å². The first-order valence-electron chi connectivity index (χ1n) is 9.06. The number of carbonyl (C=O) groups excluding carboxylic acids is 2. The number of hydrogen-bond acceptors (Lipinski definition) is 6. The lowest BCUT2D eigenvalue weighted by Crippen LogP contribution is -2.49. The standard InChI is InChI=1S/C18H34N2O5/c1-7-10(8-2)14(19)13-11(16(22)24-6)9-12(15(13)21)20-17(23)25-18(3,4)5/h10-15,21H,7-9,19H2,1-6H3,(H,20,23)/t11-,12+,13+,14-,15+/m0/s1. The molecule has 1 fully saturated rings. The summed E-state index contributed by atoms with van der Waals surface area (Å²) in [6, 6.07) is -0.941. The number of amides is 1. The molecule has 5 atom stereocenters. The Bertz CT molecular complexity index is 459. The van der Waals surface area contributed by atoms with Gasteiger partial charge in [0.1, 0.15) is 5.60 Å². The van der Waals surface area contributed by atoms with Crippen LogP contribution in [0.5, 0.6) is 0 Å². The molecule has 0 aliphatic heterocycles. The average molecular weight is 358 g/mol. The maximum Gasteiger partial charge on any atom is 0.407 e. The van der Waals surface area contributed by atoms with Gasteiger partial charge in [0.05, 0.1) is 25.2 Å². The molecule has 0 unspecified atom stereocenters. The van der Waals surface area contributed by atoms with Gasteiger partial charge in [-0.15, -0.1) is 0 Å². The molecule has 7 heteroatoms. The van der Waals surface area contributed by atoms with Gasteiger partial charge in [-0.3, -0.25) is 4.79 Å². The topological polar surface area (TPSA) is 111 Å². The number of nitrogens with two attached hydrogens (primary N) is 1. The molecule has 0 bridgehead atoms. The second-order valence-electron chi connectivity index (χ2n) is 7.84. The van der Waals surface area contributed by atoms with Crippen molar-refractivity contribution in [2.75, 3.05) is 7.11 Å². The molecule has 1 saturated carbocycles. The van der Waals surface area contributed by atoms with Gasteiger partial charge in [-0.1, -0.05) is 26.7 Å². The Morgan fingerprint density at radius 1 is 1.28 bits per heavy atom. The second-order valence-corrected chi connectivity index (χ2v) is 7.84. The summed E-state index contributed by atoms with van der Waals surface area (Å²) < 4.78 is 10.1. The van der Waals surface area contributed by atoms with Crippen LogP contribution in [0.4, 0.5) is 4.79 Å². The molecule has 0 aromatic rings. The minimum absolute atomic E-state index is 0.187. The summed E-state index contributed by atoms with van der Waals surface area (Å²) in [5.74, 6) is -1.22. The summed E-state index contributed by atoms with van der Waals surface area (Å²) >= 11 is 0. The molecule has 25 heavy (non-hydrogen) atoms. The molecule has 0 spiro atoms. The van der Waals surface area contributed by atoms with Crippen LogP contribution >= 0.6 is 0 Å². The Kier molecular flexibility index (Phi) is 7.68. The first-order valence-corrected chi connectivity index (χ1v) is 9.06. The number of alkyl carbamates (subject to hydrolysis) is 1. The molecule has 146 valence electrons. The van der Waals surface area contributed by atoms with Crippen molar-refractivity contribution in [3.8, 4) is 0 Å². The molecule has 4 N–H and O–H groups in total. The van der Waals surface area contributed by atoms with Crippen molar-refractivity contribution in [1.29, 1.82) is 0 Å². The maximum atomic E-state index is 12.2. The Morgan fingerprint density at radius 2 is 1.84 bits per heavy atom. The number of nitrogens with one attached hydrogen (secondary N) is 1. The lowest BCUT2D eigenvalue weighted by Gasteiger charge is -2.32. The summed E-state index contributed by atoms with van der Waals surface area (Å²) in [4.78, 5) is 24.2. The van der Waals surface area contributed by atoms with Gasteiger partial charge in [0.15, 0.2) is 0 Å². The minimum atomic E-state index is -0.924. The van der Waals surface area contributed by atoms with Crippen LogP contribution in [0.1, 0.15) is 53.9 Å². The van der Waals surface area contributed by atoms with E-state index in [1.807, 2.05) is 13.8 Å². The maximum absolute atomic E-state index is 12.2. The van der Waals surface area contributed by atoms with Crippen LogP contribution < -0.4 is 11.1 Å². The first-order chi connectivity index (χ1) is 11.6. The Morgan fingerprint density at radius 3 is 2.28 bits per heavy atom. The lowest BCUT2D eigenvalue weighted by molar-refractivity contribution is -0.148. The van der Waals surface area contributed by atoms with Crippen LogP contribution in [0.2, 0.25) is 0 Å².